The topological polar surface area (TPSA) is 81.2 Å². The van der Waals surface area contributed by atoms with Gasteiger partial charge in [-0.05, 0) is 31.0 Å². The normalized spacial score (nSPS) is 20.9. The Labute approximate surface area is 185 Å². The van der Waals surface area contributed by atoms with Crippen molar-refractivity contribution in [1.29, 1.82) is 0 Å². The number of carbonyl (C=O) groups excluding carboxylic acids is 4. The molecule has 4 aliphatic heterocycles. The summed E-state index contributed by atoms with van der Waals surface area (Å²) in [7, 11) is 6.61. The Bertz CT molecular complexity index is 1230. The van der Waals surface area contributed by atoms with Gasteiger partial charge in [0.25, 0.3) is 23.6 Å². The number of carbonyl (C=O) groups is 4. The molecule has 0 fully saturated rings. The van der Waals surface area contributed by atoms with Crippen molar-refractivity contribution >= 4 is 35.0 Å². The third-order valence-electron chi connectivity index (χ3n) is 6.86. The van der Waals surface area contributed by atoms with E-state index in [0.717, 1.165) is 0 Å². The molecule has 1 aromatic carbocycles. The van der Waals surface area contributed by atoms with Crippen LogP contribution < -0.4 is 0 Å². The molecule has 0 unspecified atom stereocenters. The number of amides is 4. The minimum Gasteiger partial charge on any atom is -0.315 e. The predicted molar refractivity (Wildman–Crippen MR) is 117 cm³/mol. The molecule has 8 heteroatoms. The van der Waals surface area contributed by atoms with Crippen molar-refractivity contribution in [3.63, 3.8) is 0 Å². The molecule has 0 atom stereocenters. The second kappa shape index (κ2) is 6.29. The van der Waals surface area contributed by atoms with Crippen LogP contribution in [0.4, 0.5) is 0 Å². The number of nitrogens with zero attached hydrogens (tertiary/aromatic N) is 4. The first kappa shape index (κ1) is 20.0. The first-order valence-electron chi connectivity index (χ1n) is 10.2. The first-order chi connectivity index (χ1) is 15.1. The first-order valence-corrected chi connectivity index (χ1v) is 10.2. The molecule has 4 amide bonds. The van der Waals surface area contributed by atoms with Gasteiger partial charge in [0.05, 0.1) is 33.7 Å². The molecule has 0 saturated carbocycles. The number of hydrogen-bond donors (Lipinski definition) is 0. The maximum Gasteiger partial charge on any atom is 0.260 e. The van der Waals surface area contributed by atoms with Crippen molar-refractivity contribution in [2.45, 2.75) is 13.8 Å². The number of benzene rings is 1. The van der Waals surface area contributed by atoms with E-state index < -0.39 is 0 Å². The fraction of sp³-hybridized carbons (Fsp3) is 0.250. The van der Waals surface area contributed by atoms with E-state index in [9.17, 15) is 19.2 Å². The van der Waals surface area contributed by atoms with Crippen LogP contribution in [-0.4, -0.2) is 71.4 Å². The molecule has 8 nitrogen and oxygen atoms in total. The highest BCUT2D eigenvalue weighted by Gasteiger charge is 2.46. The van der Waals surface area contributed by atoms with Crippen LogP contribution in [0.5, 0.6) is 0 Å². The van der Waals surface area contributed by atoms with Crippen LogP contribution >= 0.6 is 0 Å². The third kappa shape index (κ3) is 2.21. The zero-order valence-electron chi connectivity index (χ0n) is 18.7. The van der Waals surface area contributed by atoms with Gasteiger partial charge in [-0.15, -0.1) is 0 Å². The summed E-state index contributed by atoms with van der Waals surface area (Å²) in [6.45, 7) is 3.52. The highest BCUT2D eigenvalue weighted by atomic mass is 16.2. The van der Waals surface area contributed by atoms with E-state index in [1.807, 2.05) is 18.2 Å². The highest BCUT2D eigenvalue weighted by Crippen LogP contribution is 2.44. The van der Waals surface area contributed by atoms with Crippen LogP contribution in [0.2, 0.25) is 0 Å². The van der Waals surface area contributed by atoms with E-state index in [2.05, 4.69) is 0 Å². The molecule has 162 valence electrons. The Kier molecular flexibility index (Phi) is 3.93. The van der Waals surface area contributed by atoms with Gasteiger partial charge in [0.1, 0.15) is 0 Å². The maximum absolute atomic E-state index is 12.9. The Balaban J connectivity index is 1.71. The van der Waals surface area contributed by atoms with Gasteiger partial charge in [-0.1, -0.05) is 18.2 Å². The van der Waals surface area contributed by atoms with Gasteiger partial charge in [0, 0.05) is 39.6 Å². The van der Waals surface area contributed by atoms with Crippen molar-refractivity contribution in [1.82, 2.24) is 19.6 Å². The van der Waals surface area contributed by atoms with Gasteiger partial charge in [0.15, 0.2) is 0 Å². The summed E-state index contributed by atoms with van der Waals surface area (Å²) in [6.07, 6.45) is 0. The highest BCUT2D eigenvalue weighted by molar-refractivity contribution is 6.26. The van der Waals surface area contributed by atoms with Crippen molar-refractivity contribution in [3.8, 4) is 0 Å². The fourth-order valence-corrected chi connectivity index (χ4v) is 4.88. The lowest BCUT2D eigenvalue weighted by Gasteiger charge is -2.21. The summed E-state index contributed by atoms with van der Waals surface area (Å²) < 4.78 is 0. The van der Waals surface area contributed by atoms with Gasteiger partial charge in [-0.3, -0.25) is 19.2 Å². The molecule has 0 bridgehead atoms. The molecule has 0 aromatic heterocycles. The second-order valence-corrected chi connectivity index (χ2v) is 8.41. The Morgan fingerprint density at radius 3 is 1.25 bits per heavy atom. The molecular weight excluding hydrogens is 408 g/mol. The summed E-state index contributed by atoms with van der Waals surface area (Å²) in [6, 6.07) is 7.28. The average molecular weight is 430 g/mol. The average Bonchev–Trinajstić information content (AvgIpc) is 3.36. The van der Waals surface area contributed by atoms with Crippen molar-refractivity contribution in [3.05, 3.63) is 69.1 Å². The van der Waals surface area contributed by atoms with E-state index in [1.165, 1.54) is 19.6 Å². The van der Waals surface area contributed by atoms with Gasteiger partial charge in [-0.25, -0.2) is 0 Å². The van der Waals surface area contributed by atoms with Crippen molar-refractivity contribution < 1.29 is 19.2 Å². The molecule has 32 heavy (non-hydrogen) atoms. The predicted octanol–water partition coefficient (Wildman–Crippen LogP) is 1.54. The van der Waals surface area contributed by atoms with Gasteiger partial charge < -0.3 is 19.6 Å². The van der Waals surface area contributed by atoms with E-state index >= 15 is 0 Å². The molecule has 4 heterocycles. The lowest BCUT2D eigenvalue weighted by Crippen LogP contribution is -2.25. The standard InChI is InChI=1S/C24H22N4O4/c1-11-15-17(23(31)25(11)3)19(27(5)21(15)29)13-8-7-9-14(10-13)20-18-16(22(30)28(20)6)12(2)26(4)24(18)32/h7-10H,1-6H3. The Morgan fingerprint density at radius 1 is 0.531 bits per heavy atom. The number of rotatable bonds is 2. The number of allylic oxidation sites excluding steroid dienone is 2. The minimum atomic E-state index is -0.223. The zero-order valence-corrected chi connectivity index (χ0v) is 18.7. The van der Waals surface area contributed by atoms with Crippen molar-refractivity contribution in [2.24, 2.45) is 0 Å². The van der Waals surface area contributed by atoms with Crippen LogP contribution in [0.15, 0.2) is 58.0 Å². The van der Waals surface area contributed by atoms with Crippen LogP contribution in [-0.2, 0) is 19.2 Å². The minimum absolute atomic E-state index is 0.223. The number of hydrogen-bond acceptors (Lipinski definition) is 4. The molecule has 4 aliphatic rings. The van der Waals surface area contributed by atoms with Gasteiger partial charge in [0.2, 0.25) is 0 Å². The summed E-state index contributed by atoms with van der Waals surface area (Å²) >= 11 is 0. The lowest BCUT2D eigenvalue weighted by atomic mass is 9.99. The number of likely N-dealkylation sites (N-methyl/N-ethyl adjacent to an activating group) is 4. The SMILES string of the molecule is CC1=C2C(=O)N(C)C(c3cccc(C4=C5C(=O)N(C)C(C)=C5C(=O)N4C)c3)=C2C(=O)N1C. The van der Waals surface area contributed by atoms with E-state index in [0.29, 0.717) is 56.2 Å². The van der Waals surface area contributed by atoms with Crippen LogP contribution in [0.1, 0.15) is 25.0 Å². The molecule has 0 aliphatic carbocycles. The molecule has 0 saturated heterocycles. The lowest BCUT2D eigenvalue weighted by molar-refractivity contribution is -0.123. The maximum atomic E-state index is 12.9. The van der Waals surface area contributed by atoms with E-state index in [4.69, 9.17) is 0 Å². The second-order valence-electron chi connectivity index (χ2n) is 8.41. The van der Waals surface area contributed by atoms with Gasteiger partial charge >= 0.3 is 0 Å². The number of fused-ring (bicyclic) bond motifs is 2. The molecule has 5 rings (SSSR count). The summed E-state index contributed by atoms with van der Waals surface area (Å²) in [4.78, 5) is 57.6. The zero-order chi connectivity index (χ0) is 23.2. The quantitative estimate of drug-likeness (QED) is 0.713. The van der Waals surface area contributed by atoms with E-state index in [1.54, 1.807) is 48.1 Å². The van der Waals surface area contributed by atoms with Crippen LogP contribution in [0.25, 0.3) is 11.4 Å². The smallest absolute Gasteiger partial charge is 0.260 e. The molecule has 0 spiro atoms. The molecule has 1 aromatic rings. The Morgan fingerprint density at radius 2 is 0.875 bits per heavy atom. The third-order valence-corrected chi connectivity index (χ3v) is 6.86. The summed E-state index contributed by atoms with van der Waals surface area (Å²) in [5.41, 5.74) is 5.26. The van der Waals surface area contributed by atoms with Crippen molar-refractivity contribution in [2.75, 3.05) is 28.2 Å². The molecule has 0 radical (unpaired) electrons. The van der Waals surface area contributed by atoms with Crippen LogP contribution in [0, 0.1) is 0 Å². The Hall–Kier alpha value is -3.94. The summed E-state index contributed by atoms with van der Waals surface area (Å²) in [5.74, 6) is -0.892. The molecule has 0 N–H and O–H groups in total. The van der Waals surface area contributed by atoms with Crippen LogP contribution in [0.3, 0.4) is 0 Å². The summed E-state index contributed by atoms with van der Waals surface area (Å²) in [5, 5.41) is 0. The monoisotopic (exact) mass is 430 g/mol. The fourth-order valence-electron chi connectivity index (χ4n) is 4.88. The van der Waals surface area contributed by atoms with E-state index in [-0.39, 0.29) is 23.6 Å². The van der Waals surface area contributed by atoms with Gasteiger partial charge in [-0.2, -0.15) is 0 Å². The molecular formula is C24H22N4O4. The largest absolute Gasteiger partial charge is 0.315 e.